The molecule has 0 aliphatic carbocycles. The fraction of sp³-hybridized carbons (Fsp3) is 0.846. The summed E-state index contributed by atoms with van der Waals surface area (Å²) in [7, 11) is 0. The number of carbonyl (C=O) groups excluding carboxylic acids is 1. The molecule has 0 heterocycles. The van der Waals surface area contributed by atoms with Gasteiger partial charge in [0.05, 0.1) is 0 Å². The van der Waals surface area contributed by atoms with E-state index in [1.807, 2.05) is 27.7 Å². The van der Waals surface area contributed by atoms with Crippen LogP contribution in [0, 0.1) is 17.8 Å². The third-order valence-electron chi connectivity index (χ3n) is 3.19. The van der Waals surface area contributed by atoms with Gasteiger partial charge in [-0.1, -0.05) is 27.7 Å². The number of nitrogens with zero attached hydrogens (tertiary/aromatic N) is 1. The average molecular weight is 312 g/mol. The van der Waals surface area contributed by atoms with E-state index in [1.165, 1.54) is 0 Å². The summed E-state index contributed by atoms with van der Waals surface area (Å²) in [4.78, 5) is 22.6. The molecule has 0 atom stereocenters. The number of hydrogen-bond acceptors (Lipinski definition) is 2. The number of urea groups is 1. The van der Waals surface area contributed by atoms with Crippen molar-refractivity contribution in [3.05, 3.63) is 0 Å². The van der Waals surface area contributed by atoms with Crippen LogP contribution in [0.2, 0.25) is 0 Å². The predicted octanol–water partition coefficient (Wildman–Crippen LogP) is 2.57. The van der Waals surface area contributed by atoms with Crippen LogP contribution in [0.4, 0.5) is 18.0 Å². The number of halogens is 3. The molecule has 0 aliphatic heterocycles. The number of aliphatic carboxylic acids is 1. The van der Waals surface area contributed by atoms with E-state index < -0.39 is 31.3 Å². The van der Waals surface area contributed by atoms with Crippen molar-refractivity contribution in [1.82, 2.24) is 10.2 Å². The Kier molecular flexibility index (Phi) is 7.52. The largest absolute Gasteiger partial charge is 0.480 e. The Bertz CT molecular complexity index is 349. The van der Waals surface area contributed by atoms with Crippen LogP contribution in [0.15, 0.2) is 0 Å². The fourth-order valence-electron chi connectivity index (χ4n) is 2.14. The number of nitrogens with one attached hydrogen (secondary N) is 1. The highest BCUT2D eigenvalue weighted by molar-refractivity contribution is 5.80. The van der Waals surface area contributed by atoms with Gasteiger partial charge in [0, 0.05) is 6.54 Å². The summed E-state index contributed by atoms with van der Waals surface area (Å²) in [6.07, 6.45) is -4.64. The van der Waals surface area contributed by atoms with Crippen molar-refractivity contribution in [1.29, 1.82) is 0 Å². The van der Waals surface area contributed by atoms with Crippen LogP contribution in [0.3, 0.4) is 0 Å². The van der Waals surface area contributed by atoms with Gasteiger partial charge in [-0.3, -0.25) is 4.79 Å². The van der Waals surface area contributed by atoms with Crippen LogP contribution in [0.1, 0.15) is 27.7 Å². The zero-order valence-corrected chi connectivity index (χ0v) is 12.7. The lowest BCUT2D eigenvalue weighted by molar-refractivity contribution is -0.149. The van der Waals surface area contributed by atoms with Crippen LogP contribution in [-0.2, 0) is 4.79 Å². The Morgan fingerprint density at radius 3 is 1.95 bits per heavy atom. The van der Waals surface area contributed by atoms with Gasteiger partial charge in [-0.25, -0.2) is 4.79 Å². The lowest BCUT2D eigenvalue weighted by atomic mass is 9.85. The van der Waals surface area contributed by atoms with Crippen molar-refractivity contribution >= 4 is 12.0 Å². The number of rotatable bonds is 7. The summed E-state index contributed by atoms with van der Waals surface area (Å²) in [5.41, 5.74) is 0. The molecule has 0 bridgehead atoms. The highest BCUT2D eigenvalue weighted by Gasteiger charge is 2.34. The number of carboxylic acids is 1. The monoisotopic (exact) mass is 312 g/mol. The molecule has 0 aromatic rings. The Labute approximate surface area is 122 Å². The Hall–Kier alpha value is -1.47. The van der Waals surface area contributed by atoms with E-state index in [4.69, 9.17) is 5.11 Å². The van der Waals surface area contributed by atoms with E-state index in [0.717, 1.165) is 0 Å². The summed E-state index contributed by atoms with van der Waals surface area (Å²) in [6, 6.07) is -1.01. The molecule has 0 saturated heterocycles. The topological polar surface area (TPSA) is 69.6 Å². The quantitative estimate of drug-likeness (QED) is 0.759. The second-order valence-corrected chi connectivity index (χ2v) is 5.70. The summed E-state index contributed by atoms with van der Waals surface area (Å²) in [5.74, 6) is -0.883. The van der Waals surface area contributed by atoms with Crippen molar-refractivity contribution in [2.75, 3.05) is 19.6 Å². The molecular formula is C13H23F3N2O3. The second kappa shape index (κ2) is 8.09. The van der Waals surface area contributed by atoms with E-state index in [-0.39, 0.29) is 29.2 Å². The molecule has 2 N–H and O–H groups in total. The third kappa shape index (κ3) is 8.41. The first-order valence-corrected chi connectivity index (χ1v) is 6.75. The maximum Gasteiger partial charge on any atom is 0.406 e. The van der Waals surface area contributed by atoms with Crippen molar-refractivity contribution in [2.24, 2.45) is 17.8 Å². The molecule has 2 amide bonds. The summed E-state index contributed by atoms with van der Waals surface area (Å²) in [6.45, 7) is 5.48. The smallest absolute Gasteiger partial charge is 0.406 e. The van der Waals surface area contributed by atoms with E-state index in [2.05, 4.69) is 5.32 Å². The SMILES string of the molecule is CC(C)C(CNC(=O)N(CC(=O)O)CC(F)(F)F)C(C)C. The van der Waals surface area contributed by atoms with Crippen molar-refractivity contribution in [2.45, 2.75) is 33.9 Å². The molecule has 5 nitrogen and oxygen atoms in total. The fourth-order valence-corrected chi connectivity index (χ4v) is 2.14. The molecule has 0 saturated carbocycles. The molecule has 124 valence electrons. The highest BCUT2D eigenvalue weighted by Crippen LogP contribution is 2.20. The van der Waals surface area contributed by atoms with Gasteiger partial charge in [0.1, 0.15) is 13.1 Å². The van der Waals surface area contributed by atoms with Crippen LogP contribution in [-0.4, -0.2) is 47.8 Å². The molecule has 0 radical (unpaired) electrons. The van der Waals surface area contributed by atoms with Crippen LogP contribution in [0.5, 0.6) is 0 Å². The predicted molar refractivity (Wildman–Crippen MR) is 71.8 cm³/mol. The maximum atomic E-state index is 12.4. The minimum absolute atomic E-state index is 0.103. The van der Waals surface area contributed by atoms with Crippen molar-refractivity contribution in [3.63, 3.8) is 0 Å². The van der Waals surface area contributed by atoms with E-state index >= 15 is 0 Å². The molecule has 0 unspecified atom stereocenters. The highest BCUT2D eigenvalue weighted by atomic mass is 19.4. The molecule has 8 heteroatoms. The average Bonchev–Trinajstić information content (AvgIpc) is 2.24. The van der Waals surface area contributed by atoms with Crippen LogP contribution in [0.25, 0.3) is 0 Å². The summed E-state index contributed by atoms with van der Waals surface area (Å²) < 4.78 is 37.1. The molecule has 0 rings (SSSR count). The Morgan fingerprint density at radius 1 is 1.14 bits per heavy atom. The van der Waals surface area contributed by atoms with Gasteiger partial charge in [-0.15, -0.1) is 0 Å². The summed E-state index contributed by atoms with van der Waals surface area (Å²) >= 11 is 0. The van der Waals surface area contributed by atoms with E-state index in [9.17, 15) is 22.8 Å². The lowest BCUT2D eigenvalue weighted by Gasteiger charge is -2.27. The molecule has 0 aromatic heterocycles. The molecule has 0 fully saturated rings. The normalized spacial score (nSPS) is 12.1. The minimum atomic E-state index is -4.64. The van der Waals surface area contributed by atoms with Gasteiger partial charge in [0.25, 0.3) is 0 Å². The first-order chi connectivity index (χ1) is 9.44. The van der Waals surface area contributed by atoms with Gasteiger partial charge < -0.3 is 15.3 Å². The van der Waals surface area contributed by atoms with E-state index in [0.29, 0.717) is 0 Å². The van der Waals surface area contributed by atoms with Gasteiger partial charge in [0.15, 0.2) is 0 Å². The lowest BCUT2D eigenvalue weighted by Crippen LogP contribution is -2.48. The first kappa shape index (κ1) is 19.5. The van der Waals surface area contributed by atoms with Crippen LogP contribution < -0.4 is 5.32 Å². The van der Waals surface area contributed by atoms with Gasteiger partial charge in [-0.05, 0) is 17.8 Å². The molecular weight excluding hydrogens is 289 g/mol. The van der Waals surface area contributed by atoms with Crippen molar-refractivity contribution < 1.29 is 27.9 Å². The Morgan fingerprint density at radius 2 is 1.62 bits per heavy atom. The molecule has 0 aliphatic rings. The molecule has 0 aromatic carbocycles. The zero-order valence-electron chi connectivity index (χ0n) is 12.7. The summed E-state index contributed by atoms with van der Waals surface area (Å²) in [5, 5.41) is 11.0. The van der Waals surface area contributed by atoms with Gasteiger partial charge >= 0.3 is 18.2 Å². The van der Waals surface area contributed by atoms with Crippen LogP contribution >= 0.6 is 0 Å². The Balaban J connectivity index is 4.70. The third-order valence-corrected chi connectivity index (χ3v) is 3.19. The standard InChI is InChI=1S/C13H23F3N2O3/c1-8(2)10(9(3)4)5-17-12(21)18(6-11(19)20)7-13(14,15)16/h8-10H,5-7H2,1-4H3,(H,17,21)(H,19,20). The van der Waals surface area contributed by atoms with Gasteiger partial charge in [-0.2, -0.15) is 13.2 Å². The number of carbonyl (C=O) groups is 2. The second-order valence-electron chi connectivity index (χ2n) is 5.70. The van der Waals surface area contributed by atoms with Crippen molar-refractivity contribution in [3.8, 4) is 0 Å². The number of amides is 2. The van der Waals surface area contributed by atoms with Gasteiger partial charge in [0.2, 0.25) is 0 Å². The molecule has 21 heavy (non-hydrogen) atoms. The number of carboxylic acid groups (broad SMARTS) is 1. The molecule has 0 spiro atoms. The number of hydrogen-bond donors (Lipinski definition) is 2. The first-order valence-electron chi connectivity index (χ1n) is 6.75. The minimum Gasteiger partial charge on any atom is -0.480 e. The number of alkyl halides is 3. The zero-order chi connectivity index (χ0) is 16.8. The van der Waals surface area contributed by atoms with E-state index in [1.54, 1.807) is 0 Å². The maximum absolute atomic E-state index is 12.4.